The summed E-state index contributed by atoms with van der Waals surface area (Å²) < 4.78 is 44.9. The molecule has 0 aliphatic carbocycles. The first-order valence-corrected chi connectivity index (χ1v) is 12.5. The maximum atomic E-state index is 12.8. The summed E-state index contributed by atoms with van der Waals surface area (Å²) in [6, 6.07) is 17.7. The van der Waals surface area contributed by atoms with Gasteiger partial charge in [-0.3, -0.25) is 9.69 Å². The fraction of sp³-hybridized carbons (Fsp3) is 0.222. The first-order chi connectivity index (χ1) is 18.2. The topological polar surface area (TPSA) is 85.4 Å². The van der Waals surface area contributed by atoms with Gasteiger partial charge >= 0.3 is 6.18 Å². The number of alkyl halides is 3. The van der Waals surface area contributed by atoms with Crippen molar-refractivity contribution in [2.45, 2.75) is 6.18 Å². The lowest BCUT2D eigenvalue weighted by Gasteiger charge is -2.35. The van der Waals surface area contributed by atoms with Crippen molar-refractivity contribution in [2.75, 3.05) is 42.9 Å². The highest BCUT2D eigenvalue weighted by Crippen LogP contribution is 2.32. The van der Waals surface area contributed by atoms with Crippen LogP contribution in [0.5, 0.6) is 0 Å². The third-order valence-electron chi connectivity index (χ3n) is 6.29. The second-order valence-electron chi connectivity index (χ2n) is 8.87. The van der Waals surface area contributed by atoms with Crippen molar-refractivity contribution in [3.05, 3.63) is 76.3 Å². The normalized spacial score (nSPS) is 14.4. The molecule has 1 aliphatic rings. The van der Waals surface area contributed by atoms with Crippen LogP contribution in [0.4, 0.5) is 24.5 Å². The SMILES string of the molecule is N#Cc1cc(Br)c2oc(-c3ccc(NC(=O)CN4CCN(c5ccc(C(F)(F)F)cc5)CC4)cc3)nc2c1. The van der Waals surface area contributed by atoms with Crippen LogP contribution >= 0.6 is 15.9 Å². The number of carbonyl (C=O) groups excluding carboxylic acids is 1. The van der Waals surface area contributed by atoms with Gasteiger partial charge < -0.3 is 14.6 Å². The number of benzene rings is 3. The third-order valence-corrected chi connectivity index (χ3v) is 6.88. The van der Waals surface area contributed by atoms with Gasteiger partial charge in [-0.25, -0.2) is 4.98 Å². The minimum absolute atomic E-state index is 0.157. The Hall–Kier alpha value is -3.88. The van der Waals surface area contributed by atoms with Crippen LogP contribution in [0.1, 0.15) is 11.1 Å². The molecule has 1 N–H and O–H groups in total. The average molecular weight is 584 g/mol. The Labute approximate surface area is 224 Å². The van der Waals surface area contributed by atoms with E-state index in [1.54, 1.807) is 36.4 Å². The zero-order chi connectivity index (χ0) is 26.9. The molecule has 194 valence electrons. The standard InChI is InChI=1S/C27H21BrF3N5O2/c28-22-13-17(15-32)14-23-25(22)38-26(34-23)18-1-5-20(6-2-18)33-24(37)16-35-9-11-36(12-10-35)21-7-3-19(4-8-21)27(29,30)31/h1-8,13-14H,9-12,16H2,(H,33,37). The van der Waals surface area contributed by atoms with Crippen LogP contribution in [-0.4, -0.2) is 48.5 Å². The Morgan fingerprint density at radius 3 is 2.37 bits per heavy atom. The van der Waals surface area contributed by atoms with Crippen molar-refractivity contribution >= 4 is 44.3 Å². The van der Waals surface area contributed by atoms with Crippen molar-refractivity contribution < 1.29 is 22.4 Å². The fourth-order valence-corrected chi connectivity index (χ4v) is 4.84. The second kappa shape index (κ2) is 10.5. The maximum absolute atomic E-state index is 12.8. The number of anilines is 2. The molecular weight excluding hydrogens is 563 g/mol. The van der Waals surface area contributed by atoms with Gasteiger partial charge in [0.25, 0.3) is 0 Å². The zero-order valence-corrected chi connectivity index (χ0v) is 21.5. The van der Waals surface area contributed by atoms with Gasteiger partial charge in [0.1, 0.15) is 5.52 Å². The highest BCUT2D eigenvalue weighted by Gasteiger charge is 2.30. The summed E-state index contributed by atoms with van der Waals surface area (Å²) in [5, 5.41) is 12.0. The van der Waals surface area contributed by atoms with E-state index in [0.29, 0.717) is 58.9 Å². The number of rotatable bonds is 5. The van der Waals surface area contributed by atoms with E-state index in [1.165, 1.54) is 12.1 Å². The van der Waals surface area contributed by atoms with Gasteiger partial charge in [-0.1, -0.05) is 0 Å². The molecule has 1 fully saturated rings. The summed E-state index contributed by atoms with van der Waals surface area (Å²) >= 11 is 3.40. The Kier molecular flexibility index (Phi) is 7.10. The van der Waals surface area contributed by atoms with Crippen LogP contribution < -0.4 is 10.2 Å². The quantitative estimate of drug-likeness (QED) is 0.314. The van der Waals surface area contributed by atoms with Crippen molar-refractivity contribution in [1.29, 1.82) is 5.26 Å². The largest absolute Gasteiger partial charge is 0.435 e. The molecule has 2 heterocycles. The summed E-state index contributed by atoms with van der Waals surface area (Å²) in [6.45, 7) is 2.68. The van der Waals surface area contributed by atoms with Crippen LogP contribution in [0.3, 0.4) is 0 Å². The highest BCUT2D eigenvalue weighted by atomic mass is 79.9. The van der Waals surface area contributed by atoms with E-state index in [0.717, 1.165) is 23.4 Å². The number of nitrogens with zero attached hydrogens (tertiary/aromatic N) is 4. The van der Waals surface area contributed by atoms with Crippen LogP contribution in [0, 0.1) is 11.3 Å². The molecule has 0 bridgehead atoms. The van der Waals surface area contributed by atoms with E-state index in [2.05, 4.69) is 32.3 Å². The van der Waals surface area contributed by atoms with Gasteiger partial charge in [0, 0.05) is 43.1 Å². The van der Waals surface area contributed by atoms with E-state index < -0.39 is 11.7 Å². The number of nitrogens with one attached hydrogen (secondary N) is 1. The average Bonchev–Trinajstić information content (AvgIpc) is 3.34. The molecule has 1 aromatic heterocycles. The molecular formula is C27H21BrF3N5O2. The predicted molar refractivity (Wildman–Crippen MR) is 141 cm³/mol. The van der Waals surface area contributed by atoms with Gasteiger partial charge in [-0.15, -0.1) is 0 Å². The summed E-state index contributed by atoms with van der Waals surface area (Å²) in [6.07, 6.45) is -4.35. The van der Waals surface area contributed by atoms with E-state index in [4.69, 9.17) is 9.68 Å². The number of hydrogen-bond donors (Lipinski definition) is 1. The third kappa shape index (κ3) is 5.66. The molecule has 11 heteroatoms. The second-order valence-corrected chi connectivity index (χ2v) is 9.72. The van der Waals surface area contributed by atoms with Crippen molar-refractivity contribution in [1.82, 2.24) is 9.88 Å². The van der Waals surface area contributed by atoms with Crippen LogP contribution in [-0.2, 0) is 11.0 Å². The smallest absolute Gasteiger partial charge is 0.416 e. The van der Waals surface area contributed by atoms with Crippen LogP contribution in [0.25, 0.3) is 22.6 Å². The molecule has 0 saturated carbocycles. The molecule has 7 nitrogen and oxygen atoms in total. The Balaban J connectivity index is 1.14. The summed E-state index contributed by atoms with van der Waals surface area (Å²) in [7, 11) is 0. The molecule has 1 amide bonds. The molecule has 5 rings (SSSR count). The molecule has 1 aliphatic heterocycles. The summed E-state index contributed by atoms with van der Waals surface area (Å²) in [5.41, 5.74) is 3.02. The zero-order valence-electron chi connectivity index (χ0n) is 19.9. The number of nitriles is 1. The van der Waals surface area contributed by atoms with Crippen molar-refractivity contribution in [2.24, 2.45) is 0 Å². The number of amides is 1. The van der Waals surface area contributed by atoms with Gasteiger partial charge in [-0.2, -0.15) is 18.4 Å². The van der Waals surface area contributed by atoms with E-state index in [9.17, 15) is 18.0 Å². The lowest BCUT2D eigenvalue weighted by Crippen LogP contribution is -2.48. The van der Waals surface area contributed by atoms with Crippen molar-refractivity contribution in [3.8, 4) is 17.5 Å². The van der Waals surface area contributed by atoms with Crippen LogP contribution in [0.2, 0.25) is 0 Å². The molecule has 4 aromatic rings. The Morgan fingerprint density at radius 1 is 1.05 bits per heavy atom. The number of aromatic nitrogens is 1. The van der Waals surface area contributed by atoms with Gasteiger partial charge in [0.2, 0.25) is 11.8 Å². The lowest BCUT2D eigenvalue weighted by molar-refractivity contribution is -0.137. The number of fused-ring (bicyclic) bond motifs is 1. The molecule has 38 heavy (non-hydrogen) atoms. The number of oxazole rings is 1. The monoisotopic (exact) mass is 583 g/mol. The van der Waals surface area contributed by atoms with Crippen molar-refractivity contribution in [3.63, 3.8) is 0 Å². The maximum Gasteiger partial charge on any atom is 0.416 e. The van der Waals surface area contributed by atoms with E-state index >= 15 is 0 Å². The lowest BCUT2D eigenvalue weighted by atomic mass is 10.1. The fourth-order valence-electron chi connectivity index (χ4n) is 4.31. The van der Waals surface area contributed by atoms with Gasteiger partial charge in [-0.05, 0) is 76.6 Å². The van der Waals surface area contributed by atoms with Gasteiger partial charge in [0.05, 0.1) is 28.2 Å². The Bertz CT molecular complexity index is 1500. The van der Waals surface area contributed by atoms with E-state index in [-0.39, 0.29) is 12.5 Å². The molecule has 0 radical (unpaired) electrons. The first-order valence-electron chi connectivity index (χ1n) is 11.7. The minimum atomic E-state index is -4.35. The highest BCUT2D eigenvalue weighted by molar-refractivity contribution is 9.10. The summed E-state index contributed by atoms with van der Waals surface area (Å²) in [4.78, 5) is 21.1. The molecule has 1 saturated heterocycles. The first kappa shape index (κ1) is 25.8. The molecule has 0 unspecified atom stereocenters. The molecule has 0 atom stereocenters. The summed E-state index contributed by atoms with van der Waals surface area (Å²) in [5.74, 6) is 0.245. The number of hydrogen-bond acceptors (Lipinski definition) is 6. The molecule has 3 aromatic carbocycles. The number of carbonyl (C=O) groups is 1. The van der Waals surface area contributed by atoms with E-state index in [1.807, 2.05) is 9.80 Å². The Morgan fingerprint density at radius 2 is 1.74 bits per heavy atom. The molecule has 0 spiro atoms. The van der Waals surface area contributed by atoms with Gasteiger partial charge in [0.15, 0.2) is 5.58 Å². The predicted octanol–water partition coefficient (Wildman–Crippen LogP) is 5.91. The van der Waals surface area contributed by atoms with Crippen LogP contribution in [0.15, 0.2) is 69.6 Å². The minimum Gasteiger partial charge on any atom is -0.435 e. The number of piperazine rings is 1. The number of halogens is 4.